The molecule has 8 heteroatoms. The first-order valence-electron chi connectivity index (χ1n) is 7.98. The molecule has 1 aromatic heterocycles. The number of allylic oxidation sites excluding steroid dienone is 2. The van der Waals surface area contributed by atoms with Crippen LogP contribution in [0.1, 0.15) is 22.2 Å². The summed E-state index contributed by atoms with van der Waals surface area (Å²) < 4.78 is 10.9. The number of carbonyl (C=O) groups is 1. The van der Waals surface area contributed by atoms with Crippen molar-refractivity contribution < 1.29 is 14.3 Å². The zero-order valence-corrected chi connectivity index (χ0v) is 15.6. The van der Waals surface area contributed by atoms with E-state index in [1.807, 2.05) is 6.07 Å². The van der Waals surface area contributed by atoms with Gasteiger partial charge >= 0.3 is 5.97 Å². The third-order valence-electron chi connectivity index (χ3n) is 3.41. The molecule has 0 atom stereocenters. The van der Waals surface area contributed by atoms with Gasteiger partial charge in [0.1, 0.15) is 23.1 Å². The van der Waals surface area contributed by atoms with Crippen LogP contribution in [0.2, 0.25) is 0 Å². The summed E-state index contributed by atoms with van der Waals surface area (Å²) in [5.41, 5.74) is 5.66. The number of hydrogen-bond acceptors (Lipinski definition) is 8. The van der Waals surface area contributed by atoms with E-state index in [-0.39, 0.29) is 22.6 Å². The molecule has 1 heterocycles. The molecule has 1 aromatic carbocycles. The van der Waals surface area contributed by atoms with Gasteiger partial charge in [-0.05, 0) is 42.1 Å². The van der Waals surface area contributed by atoms with Crippen molar-refractivity contribution in [1.82, 2.24) is 0 Å². The molecular weight excluding hydrogens is 376 g/mol. The van der Waals surface area contributed by atoms with E-state index in [0.29, 0.717) is 22.8 Å². The molecule has 0 spiro atoms. The van der Waals surface area contributed by atoms with Crippen LogP contribution in [0.4, 0.5) is 0 Å². The summed E-state index contributed by atoms with van der Waals surface area (Å²) in [5.74, 6) is 0.0350. The van der Waals surface area contributed by atoms with Gasteiger partial charge < -0.3 is 15.2 Å². The highest BCUT2D eigenvalue weighted by molar-refractivity contribution is 7.12. The van der Waals surface area contributed by atoms with Crippen molar-refractivity contribution in [3.05, 3.63) is 63.0 Å². The van der Waals surface area contributed by atoms with Gasteiger partial charge in [0.2, 0.25) is 0 Å². The van der Waals surface area contributed by atoms with Crippen LogP contribution in [0, 0.1) is 34.0 Å². The summed E-state index contributed by atoms with van der Waals surface area (Å²) in [6.45, 7) is 2.11. The molecule has 0 aliphatic rings. The fourth-order valence-corrected chi connectivity index (χ4v) is 2.73. The van der Waals surface area contributed by atoms with Crippen molar-refractivity contribution in [3.8, 4) is 29.7 Å². The van der Waals surface area contributed by atoms with Gasteiger partial charge in [-0.3, -0.25) is 0 Å². The molecule has 7 nitrogen and oxygen atoms in total. The largest absolute Gasteiger partial charge is 0.490 e. The third-order valence-corrected chi connectivity index (χ3v) is 4.26. The van der Waals surface area contributed by atoms with Crippen LogP contribution < -0.4 is 15.2 Å². The SMILES string of the molecule is CCOc1cc(/C=C(\C#N)C(N)=C(C#N)C#N)ccc1OC(=O)c1cccs1. The lowest BCUT2D eigenvalue weighted by Gasteiger charge is -2.11. The number of rotatable bonds is 6. The molecule has 0 saturated carbocycles. The number of esters is 1. The average Bonchev–Trinajstić information content (AvgIpc) is 3.24. The van der Waals surface area contributed by atoms with Crippen LogP contribution in [0.15, 0.2) is 52.6 Å². The summed E-state index contributed by atoms with van der Waals surface area (Å²) in [4.78, 5) is 12.6. The fraction of sp³-hybridized carbons (Fsp3) is 0.100. The second-order valence-electron chi connectivity index (χ2n) is 5.19. The van der Waals surface area contributed by atoms with Gasteiger partial charge in [0.25, 0.3) is 0 Å². The molecule has 0 aliphatic carbocycles. The minimum Gasteiger partial charge on any atom is -0.490 e. The van der Waals surface area contributed by atoms with Crippen molar-refractivity contribution >= 4 is 23.4 Å². The maximum Gasteiger partial charge on any atom is 0.353 e. The Morgan fingerprint density at radius 2 is 1.93 bits per heavy atom. The third kappa shape index (κ3) is 4.76. The van der Waals surface area contributed by atoms with Gasteiger partial charge in [-0.25, -0.2) is 4.79 Å². The minimum atomic E-state index is -0.503. The molecule has 0 fully saturated rings. The fourth-order valence-electron chi connectivity index (χ4n) is 2.13. The first-order chi connectivity index (χ1) is 13.5. The zero-order valence-electron chi connectivity index (χ0n) is 14.8. The number of thiophene rings is 1. The van der Waals surface area contributed by atoms with E-state index in [1.54, 1.807) is 48.7 Å². The summed E-state index contributed by atoms with van der Waals surface area (Å²) in [6, 6.07) is 13.3. The number of hydrogen-bond donors (Lipinski definition) is 1. The number of ether oxygens (including phenoxy) is 2. The highest BCUT2D eigenvalue weighted by Crippen LogP contribution is 2.31. The molecule has 0 bridgehead atoms. The van der Waals surface area contributed by atoms with Crippen LogP contribution >= 0.6 is 11.3 Å². The first kappa shape index (κ1) is 20.3. The Balaban J connectivity index is 2.40. The Morgan fingerprint density at radius 1 is 1.18 bits per heavy atom. The second-order valence-corrected chi connectivity index (χ2v) is 6.14. The van der Waals surface area contributed by atoms with Gasteiger partial charge in [0, 0.05) is 0 Å². The second kappa shape index (κ2) is 9.59. The van der Waals surface area contributed by atoms with Crippen molar-refractivity contribution in [1.29, 1.82) is 15.8 Å². The quantitative estimate of drug-likeness (QED) is 0.345. The maximum atomic E-state index is 12.2. The van der Waals surface area contributed by atoms with E-state index in [9.17, 15) is 10.1 Å². The van der Waals surface area contributed by atoms with Crippen molar-refractivity contribution in [3.63, 3.8) is 0 Å². The van der Waals surface area contributed by atoms with E-state index < -0.39 is 5.97 Å². The molecule has 0 saturated heterocycles. The van der Waals surface area contributed by atoms with Gasteiger partial charge in [-0.1, -0.05) is 12.1 Å². The van der Waals surface area contributed by atoms with Gasteiger partial charge in [0.15, 0.2) is 17.1 Å². The predicted molar refractivity (Wildman–Crippen MR) is 103 cm³/mol. The number of nitriles is 3. The van der Waals surface area contributed by atoms with Gasteiger partial charge in [-0.2, -0.15) is 15.8 Å². The summed E-state index contributed by atoms with van der Waals surface area (Å²) in [7, 11) is 0. The predicted octanol–water partition coefficient (Wildman–Crippen LogP) is 3.53. The Labute approximate surface area is 165 Å². The highest BCUT2D eigenvalue weighted by atomic mass is 32.1. The first-order valence-corrected chi connectivity index (χ1v) is 8.86. The van der Waals surface area contributed by atoms with Crippen LogP contribution in [-0.2, 0) is 0 Å². The highest BCUT2D eigenvalue weighted by Gasteiger charge is 2.14. The molecule has 138 valence electrons. The Kier molecular flexibility index (Phi) is 6.93. The number of carbonyl (C=O) groups excluding carboxylic acids is 1. The van der Waals surface area contributed by atoms with Gasteiger partial charge in [-0.15, -0.1) is 11.3 Å². The molecule has 28 heavy (non-hydrogen) atoms. The van der Waals surface area contributed by atoms with E-state index in [0.717, 1.165) is 0 Å². The zero-order chi connectivity index (χ0) is 20.5. The summed E-state index contributed by atoms with van der Waals surface area (Å²) >= 11 is 1.26. The average molecular weight is 390 g/mol. The molecule has 2 aromatic rings. The number of nitrogens with zero attached hydrogens (tertiary/aromatic N) is 3. The molecular formula is C20H14N4O3S. The number of nitrogens with two attached hydrogens (primary N) is 1. The summed E-state index contributed by atoms with van der Waals surface area (Å²) in [5, 5.41) is 28.9. The molecule has 0 aliphatic heterocycles. The lowest BCUT2D eigenvalue weighted by Crippen LogP contribution is -2.08. The lowest BCUT2D eigenvalue weighted by molar-refractivity contribution is 0.0733. The van der Waals surface area contributed by atoms with Crippen molar-refractivity contribution in [2.45, 2.75) is 6.92 Å². The van der Waals surface area contributed by atoms with E-state index in [4.69, 9.17) is 25.7 Å². The lowest BCUT2D eigenvalue weighted by atomic mass is 10.1. The van der Waals surface area contributed by atoms with Crippen LogP contribution in [0.3, 0.4) is 0 Å². The molecule has 2 rings (SSSR count). The molecule has 0 unspecified atom stereocenters. The molecule has 0 radical (unpaired) electrons. The minimum absolute atomic E-state index is 0.0381. The number of benzene rings is 1. The van der Waals surface area contributed by atoms with Crippen LogP contribution in [0.25, 0.3) is 6.08 Å². The van der Waals surface area contributed by atoms with E-state index >= 15 is 0 Å². The Hall–Kier alpha value is -4.06. The summed E-state index contributed by atoms with van der Waals surface area (Å²) in [6.07, 6.45) is 1.41. The van der Waals surface area contributed by atoms with E-state index in [2.05, 4.69) is 0 Å². The smallest absolute Gasteiger partial charge is 0.353 e. The molecule has 2 N–H and O–H groups in total. The van der Waals surface area contributed by atoms with Crippen LogP contribution in [-0.4, -0.2) is 12.6 Å². The van der Waals surface area contributed by atoms with Crippen LogP contribution in [0.5, 0.6) is 11.5 Å². The monoisotopic (exact) mass is 390 g/mol. The molecule has 0 amide bonds. The topological polar surface area (TPSA) is 133 Å². The standard InChI is InChI=1S/C20H14N4O3S/c1-2-26-17-9-13(8-14(10-21)19(24)15(11-22)12-23)5-6-16(17)27-20(25)18-4-3-7-28-18/h3-9H,2,24H2,1H3/b14-8+. The maximum absolute atomic E-state index is 12.2. The Morgan fingerprint density at radius 3 is 2.50 bits per heavy atom. The van der Waals surface area contributed by atoms with Gasteiger partial charge in [0.05, 0.1) is 17.9 Å². The normalized spacial score (nSPS) is 10.1. The Bertz CT molecular complexity index is 1050. The van der Waals surface area contributed by atoms with E-state index in [1.165, 1.54) is 23.5 Å². The van der Waals surface area contributed by atoms with Crippen molar-refractivity contribution in [2.75, 3.05) is 6.61 Å². The van der Waals surface area contributed by atoms with Crippen molar-refractivity contribution in [2.24, 2.45) is 5.73 Å².